The Balaban J connectivity index is 1.98. The highest BCUT2D eigenvalue weighted by Crippen LogP contribution is 2.27. The van der Waals surface area contributed by atoms with Crippen LogP contribution in [0.4, 0.5) is 8.78 Å². The van der Waals surface area contributed by atoms with Gasteiger partial charge in [-0.1, -0.05) is 18.2 Å². The molecule has 0 unspecified atom stereocenters. The fourth-order valence-electron chi connectivity index (χ4n) is 3.04. The van der Waals surface area contributed by atoms with Gasteiger partial charge in [0.05, 0.1) is 11.4 Å². The minimum Gasteiger partial charge on any atom is -0.435 e. The van der Waals surface area contributed by atoms with Crippen molar-refractivity contribution in [3.8, 4) is 22.7 Å². The van der Waals surface area contributed by atoms with Crippen LogP contribution >= 0.6 is 0 Å². The van der Waals surface area contributed by atoms with E-state index in [1.807, 2.05) is 50.4 Å². The minimum absolute atomic E-state index is 0.0741. The van der Waals surface area contributed by atoms with E-state index in [1.165, 1.54) is 18.2 Å². The van der Waals surface area contributed by atoms with E-state index >= 15 is 0 Å². The van der Waals surface area contributed by atoms with Gasteiger partial charge in [0, 0.05) is 36.5 Å². The number of carbonyl (C=O) groups excluding carboxylic acids is 1. The maximum absolute atomic E-state index is 12.4. The molecule has 0 N–H and O–H groups in total. The van der Waals surface area contributed by atoms with Crippen molar-refractivity contribution in [2.24, 2.45) is 0 Å². The van der Waals surface area contributed by atoms with Crippen LogP contribution in [-0.2, 0) is 4.79 Å². The van der Waals surface area contributed by atoms with Crippen molar-refractivity contribution in [1.29, 1.82) is 0 Å². The molecule has 0 fully saturated rings. The number of amides is 1. The van der Waals surface area contributed by atoms with Gasteiger partial charge in [-0.3, -0.25) is 4.79 Å². The first-order valence-electron chi connectivity index (χ1n) is 9.69. The summed E-state index contributed by atoms with van der Waals surface area (Å²) in [4.78, 5) is 14.1. The summed E-state index contributed by atoms with van der Waals surface area (Å²) in [6.45, 7) is 2.23. The van der Waals surface area contributed by atoms with Gasteiger partial charge in [-0.15, -0.1) is 0 Å². The van der Waals surface area contributed by atoms with Crippen molar-refractivity contribution in [2.75, 3.05) is 13.1 Å². The number of halogens is 2. The normalized spacial score (nSPS) is 11.2. The molecule has 0 aliphatic rings. The topological polar surface area (TPSA) is 47.4 Å². The van der Waals surface area contributed by atoms with Crippen LogP contribution in [0, 0.1) is 0 Å². The van der Waals surface area contributed by atoms with Crippen LogP contribution in [0.15, 0.2) is 66.9 Å². The first-order valence-corrected chi connectivity index (χ1v) is 9.69. The molecule has 1 heterocycles. The second kappa shape index (κ2) is 9.82. The number of benzene rings is 2. The average molecular weight is 411 g/mol. The number of hydrogen-bond donors (Lipinski definition) is 0. The average Bonchev–Trinajstić information content (AvgIpc) is 3.18. The number of alkyl halides is 2. The SMILES string of the molecule is CCN(CC)C(=O)C=Cc1cn(-c2ccccc2)nc1-c1ccc(OC(F)F)cc1. The number of rotatable bonds is 8. The van der Waals surface area contributed by atoms with Crippen LogP contribution in [0.3, 0.4) is 0 Å². The first kappa shape index (κ1) is 21.2. The molecule has 0 aliphatic heterocycles. The number of likely N-dealkylation sites (N-methyl/N-ethyl adjacent to an activating group) is 1. The standard InChI is InChI=1S/C23H23F2N3O2/c1-3-27(4-2)21(29)15-12-18-16-28(19-8-6-5-7-9-19)26-22(18)17-10-13-20(14-11-17)30-23(24)25/h5-16,23H,3-4H2,1-2H3. The molecule has 0 spiro atoms. The molecule has 0 atom stereocenters. The second-order valence-electron chi connectivity index (χ2n) is 6.46. The largest absolute Gasteiger partial charge is 0.435 e. The zero-order valence-corrected chi connectivity index (χ0v) is 16.8. The Labute approximate surface area is 174 Å². The molecule has 3 rings (SSSR count). The molecule has 0 bridgehead atoms. The van der Waals surface area contributed by atoms with Crippen LogP contribution in [0.5, 0.6) is 5.75 Å². The lowest BCUT2D eigenvalue weighted by atomic mass is 10.1. The Morgan fingerprint density at radius 1 is 1.10 bits per heavy atom. The van der Waals surface area contributed by atoms with Crippen LogP contribution in [0.2, 0.25) is 0 Å². The molecule has 1 aromatic heterocycles. The summed E-state index contributed by atoms with van der Waals surface area (Å²) in [5, 5.41) is 4.66. The van der Waals surface area contributed by atoms with Gasteiger partial charge in [-0.05, 0) is 56.3 Å². The highest BCUT2D eigenvalue weighted by Gasteiger charge is 2.13. The van der Waals surface area contributed by atoms with E-state index in [1.54, 1.807) is 27.8 Å². The van der Waals surface area contributed by atoms with Crippen LogP contribution in [0.1, 0.15) is 19.4 Å². The molecule has 0 aliphatic carbocycles. The van der Waals surface area contributed by atoms with E-state index in [9.17, 15) is 13.6 Å². The van der Waals surface area contributed by atoms with Gasteiger partial charge in [0.25, 0.3) is 0 Å². The Kier molecular flexibility index (Phi) is 6.95. The van der Waals surface area contributed by atoms with E-state index in [0.717, 1.165) is 16.8 Å². The van der Waals surface area contributed by atoms with Gasteiger partial charge < -0.3 is 9.64 Å². The molecule has 7 heteroatoms. The monoisotopic (exact) mass is 411 g/mol. The van der Waals surface area contributed by atoms with E-state index in [-0.39, 0.29) is 11.7 Å². The Bertz CT molecular complexity index is 995. The molecule has 0 saturated carbocycles. The Hall–Kier alpha value is -3.48. The highest BCUT2D eigenvalue weighted by atomic mass is 19.3. The molecular weight excluding hydrogens is 388 g/mol. The quantitative estimate of drug-likeness (QED) is 0.489. The van der Waals surface area contributed by atoms with Gasteiger partial charge in [0.2, 0.25) is 5.91 Å². The second-order valence-corrected chi connectivity index (χ2v) is 6.46. The Morgan fingerprint density at radius 3 is 2.37 bits per heavy atom. The summed E-state index contributed by atoms with van der Waals surface area (Å²) in [6.07, 6.45) is 5.09. The number of aromatic nitrogens is 2. The number of para-hydroxylation sites is 1. The number of hydrogen-bond acceptors (Lipinski definition) is 3. The molecule has 0 radical (unpaired) electrons. The van der Waals surface area contributed by atoms with E-state index < -0.39 is 6.61 Å². The van der Waals surface area contributed by atoms with Crippen molar-refractivity contribution < 1.29 is 18.3 Å². The van der Waals surface area contributed by atoms with Crippen molar-refractivity contribution in [3.05, 3.63) is 72.4 Å². The molecule has 30 heavy (non-hydrogen) atoms. The smallest absolute Gasteiger partial charge is 0.387 e. The lowest BCUT2D eigenvalue weighted by Gasteiger charge is -2.15. The zero-order chi connectivity index (χ0) is 21.5. The highest BCUT2D eigenvalue weighted by molar-refractivity contribution is 5.92. The van der Waals surface area contributed by atoms with Crippen molar-refractivity contribution in [2.45, 2.75) is 20.5 Å². The maximum Gasteiger partial charge on any atom is 0.387 e. The predicted molar refractivity (Wildman–Crippen MR) is 113 cm³/mol. The van der Waals surface area contributed by atoms with Gasteiger partial charge in [-0.2, -0.15) is 13.9 Å². The molecular formula is C23H23F2N3O2. The number of carbonyl (C=O) groups is 1. The summed E-state index contributed by atoms with van der Waals surface area (Å²) in [6, 6.07) is 15.8. The van der Waals surface area contributed by atoms with Gasteiger partial charge >= 0.3 is 6.61 Å². The fraction of sp³-hybridized carbons (Fsp3) is 0.217. The third kappa shape index (κ3) is 5.11. The molecule has 3 aromatic rings. The molecule has 1 amide bonds. The third-order valence-electron chi connectivity index (χ3n) is 4.60. The van der Waals surface area contributed by atoms with Crippen molar-refractivity contribution in [1.82, 2.24) is 14.7 Å². The van der Waals surface area contributed by atoms with E-state index in [4.69, 9.17) is 0 Å². The lowest BCUT2D eigenvalue weighted by Crippen LogP contribution is -2.28. The summed E-state index contributed by atoms with van der Waals surface area (Å²) in [7, 11) is 0. The van der Waals surface area contributed by atoms with Crippen LogP contribution < -0.4 is 4.74 Å². The minimum atomic E-state index is -2.88. The van der Waals surface area contributed by atoms with Gasteiger partial charge in [-0.25, -0.2) is 4.68 Å². The van der Waals surface area contributed by atoms with Gasteiger partial charge in [0.15, 0.2) is 0 Å². The third-order valence-corrected chi connectivity index (χ3v) is 4.60. The first-order chi connectivity index (χ1) is 14.5. The van der Waals surface area contributed by atoms with Gasteiger partial charge in [0.1, 0.15) is 5.75 Å². The summed E-state index contributed by atoms with van der Waals surface area (Å²) >= 11 is 0. The fourth-order valence-corrected chi connectivity index (χ4v) is 3.04. The lowest BCUT2D eigenvalue weighted by molar-refractivity contribution is -0.125. The molecule has 2 aromatic carbocycles. The van der Waals surface area contributed by atoms with Crippen LogP contribution in [0.25, 0.3) is 23.0 Å². The van der Waals surface area contributed by atoms with E-state index in [2.05, 4.69) is 9.84 Å². The van der Waals surface area contributed by atoms with E-state index in [0.29, 0.717) is 18.8 Å². The maximum atomic E-state index is 12.4. The Morgan fingerprint density at radius 2 is 1.77 bits per heavy atom. The van der Waals surface area contributed by atoms with Crippen molar-refractivity contribution in [3.63, 3.8) is 0 Å². The summed E-state index contributed by atoms with van der Waals surface area (Å²) < 4.78 is 31.0. The molecule has 156 valence electrons. The number of nitrogens with zero attached hydrogens (tertiary/aromatic N) is 3. The summed E-state index contributed by atoms with van der Waals surface area (Å²) in [5.74, 6) is -0.0101. The summed E-state index contributed by atoms with van der Waals surface area (Å²) in [5.41, 5.74) is 2.96. The molecule has 0 saturated heterocycles. The zero-order valence-electron chi connectivity index (χ0n) is 16.8. The van der Waals surface area contributed by atoms with Crippen molar-refractivity contribution >= 4 is 12.0 Å². The number of ether oxygens (including phenoxy) is 1. The predicted octanol–water partition coefficient (Wildman–Crippen LogP) is 5.02. The molecule has 5 nitrogen and oxygen atoms in total. The van der Waals surface area contributed by atoms with Crippen LogP contribution in [-0.4, -0.2) is 40.3 Å².